The Kier molecular flexibility index (Phi) is 5.04. The summed E-state index contributed by atoms with van der Waals surface area (Å²) in [7, 11) is 2.15. The molecular formula is C33H27N. The highest BCUT2D eigenvalue weighted by Gasteiger charge is 2.30. The minimum Gasteiger partial charge on any atom is -0.350 e. The van der Waals surface area contributed by atoms with Gasteiger partial charge in [-0.3, -0.25) is 0 Å². The summed E-state index contributed by atoms with van der Waals surface area (Å²) in [6.07, 6.45) is 3.22. The molecule has 0 saturated heterocycles. The summed E-state index contributed by atoms with van der Waals surface area (Å²) in [6.45, 7) is 2.15. The lowest BCUT2D eigenvalue weighted by molar-refractivity contribution is 0.967. The number of nitrogens with zero attached hydrogens (tertiary/aromatic N) is 1. The van der Waals surface area contributed by atoms with Crippen LogP contribution in [0.15, 0.2) is 115 Å². The van der Waals surface area contributed by atoms with Gasteiger partial charge in [0.2, 0.25) is 0 Å². The van der Waals surface area contributed by atoms with Crippen molar-refractivity contribution in [1.29, 1.82) is 0 Å². The van der Waals surface area contributed by atoms with E-state index in [1.54, 1.807) is 0 Å². The molecule has 0 radical (unpaired) electrons. The summed E-state index contributed by atoms with van der Waals surface area (Å²) in [5.74, 6) is 0. The van der Waals surface area contributed by atoms with E-state index in [9.17, 15) is 0 Å². The maximum atomic E-state index is 2.31. The number of aryl methyl sites for hydroxylation is 2. The van der Waals surface area contributed by atoms with Gasteiger partial charge in [0.1, 0.15) is 0 Å². The third-order valence-electron chi connectivity index (χ3n) is 6.96. The predicted molar refractivity (Wildman–Crippen MR) is 145 cm³/mol. The highest BCUT2D eigenvalue weighted by atomic mass is 14.9. The zero-order valence-electron chi connectivity index (χ0n) is 19.6. The quantitative estimate of drug-likeness (QED) is 0.266. The molecule has 0 saturated carbocycles. The lowest BCUT2D eigenvalue weighted by Gasteiger charge is -2.14. The van der Waals surface area contributed by atoms with Gasteiger partial charge in [-0.05, 0) is 58.4 Å². The van der Waals surface area contributed by atoms with Crippen molar-refractivity contribution in [3.05, 3.63) is 143 Å². The fourth-order valence-electron chi connectivity index (χ4n) is 5.30. The summed E-state index contributed by atoms with van der Waals surface area (Å²) in [5, 5.41) is 1.30. The van der Waals surface area contributed by atoms with Crippen molar-refractivity contribution in [3.8, 4) is 0 Å². The van der Waals surface area contributed by atoms with Crippen LogP contribution in [0.4, 0.5) is 0 Å². The normalized spacial score (nSPS) is 13.8. The van der Waals surface area contributed by atoms with E-state index < -0.39 is 0 Å². The van der Waals surface area contributed by atoms with Gasteiger partial charge in [0.25, 0.3) is 0 Å². The van der Waals surface area contributed by atoms with E-state index in [0.717, 1.165) is 6.42 Å². The van der Waals surface area contributed by atoms with Crippen LogP contribution in [0.3, 0.4) is 0 Å². The van der Waals surface area contributed by atoms with Crippen LogP contribution in [0.5, 0.6) is 0 Å². The van der Waals surface area contributed by atoms with Crippen molar-refractivity contribution in [1.82, 2.24) is 4.57 Å². The molecule has 0 bridgehead atoms. The number of hydrogen-bond acceptors (Lipinski definition) is 0. The van der Waals surface area contributed by atoms with Crippen LogP contribution < -0.4 is 0 Å². The third kappa shape index (κ3) is 3.41. The van der Waals surface area contributed by atoms with Gasteiger partial charge in [0.05, 0.1) is 0 Å². The molecule has 1 heterocycles. The van der Waals surface area contributed by atoms with Gasteiger partial charge in [-0.1, -0.05) is 109 Å². The minimum absolute atomic E-state index is 0.913. The molecule has 34 heavy (non-hydrogen) atoms. The van der Waals surface area contributed by atoms with Crippen LogP contribution in [-0.2, 0) is 7.05 Å². The molecule has 0 N–H and O–H groups in total. The van der Waals surface area contributed by atoms with Crippen molar-refractivity contribution < 1.29 is 0 Å². The number of fused-ring (bicyclic) bond motifs is 1. The van der Waals surface area contributed by atoms with E-state index in [1.807, 2.05) is 0 Å². The van der Waals surface area contributed by atoms with Crippen LogP contribution >= 0.6 is 0 Å². The van der Waals surface area contributed by atoms with E-state index in [-0.39, 0.29) is 0 Å². The number of benzene rings is 4. The van der Waals surface area contributed by atoms with Crippen molar-refractivity contribution in [2.75, 3.05) is 0 Å². The van der Waals surface area contributed by atoms with Crippen molar-refractivity contribution in [3.63, 3.8) is 0 Å². The van der Waals surface area contributed by atoms with Gasteiger partial charge >= 0.3 is 0 Å². The highest BCUT2D eigenvalue weighted by molar-refractivity contribution is 6.29. The Labute approximate surface area is 201 Å². The molecule has 1 aromatic heterocycles. The Bertz CT molecular complexity index is 1550. The molecule has 5 aromatic rings. The number of rotatable bonds is 4. The second kappa shape index (κ2) is 8.35. The summed E-state index contributed by atoms with van der Waals surface area (Å²) in [4.78, 5) is 0. The topological polar surface area (TPSA) is 4.93 Å². The molecule has 0 unspecified atom stereocenters. The molecule has 0 fully saturated rings. The van der Waals surface area contributed by atoms with E-state index in [0.29, 0.717) is 0 Å². The van der Waals surface area contributed by atoms with Gasteiger partial charge in [-0.25, -0.2) is 0 Å². The fraction of sp³-hybridized carbons (Fsp3) is 0.0909. The van der Waals surface area contributed by atoms with E-state index in [2.05, 4.69) is 134 Å². The summed E-state index contributed by atoms with van der Waals surface area (Å²) in [5.41, 5.74) is 13.2. The van der Waals surface area contributed by atoms with E-state index >= 15 is 0 Å². The number of aromatic nitrogens is 1. The Hall–Kier alpha value is -4.10. The van der Waals surface area contributed by atoms with E-state index in [1.165, 1.54) is 61.0 Å². The molecule has 4 aromatic carbocycles. The largest absolute Gasteiger partial charge is 0.350 e. The maximum absolute atomic E-state index is 2.31. The molecule has 1 aliphatic rings. The Morgan fingerprint density at radius 1 is 0.559 bits per heavy atom. The molecule has 6 rings (SSSR count). The molecule has 164 valence electrons. The summed E-state index contributed by atoms with van der Waals surface area (Å²) >= 11 is 0. The molecule has 1 heteroatoms. The highest BCUT2D eigenvalue weighted by Crippen LogP contribution is 2.52. The molecule has 0 aliphatic heterocycles. The lowest BCUT2D eigenvalue weighted by atomic mass is 9.89. The van der Waals surface area contributed by atoms with Crippen LogP contribution in [-0.4, -0.2) is 4.57 Å². The van der Waals surface area contributed by atoms with Crippen LogP contribution in [0.1, 0.15) is 34.2 Å². The summed E-state index contributed by atoms with van der Waals surface area (Å²) < 4.78 is 2.26. The lowest BCUT2D eigenvalue weighted by Crippen LogP contribution is -1.92. The Balaban J connectivity index is 1.70. The molecule has 0 spiro atoms. The van der Waals surface area contributed by atoms with Crippen LogP contribution in [0, 0.1) is 6.92 Å². The molecule has 1 nitrogen and oxygen atoms in total. The average molecular weight is 438 g/mol. The first-order valence-corrected chi connectivity index (χ1v) is 11.9. The second-order valence-corrected chi connectivity index (χ2v) is 9.15. The number of hydrogen-bond donors (Lipinski definition) is 0. The Morgan fingerprint density at radius 3 is 1.82 bits per heavy atom. The molecule has 0 amide bonds. The van der Waals surface area contributed by atoms with Gasteiger partial charge in [0, 0.05) is 29.7 Å². The molecule has 1 aliphatic carbocycles. The third-order valence-corrected chi connectivity index (χ3v) is 6.96. The fourth-order valence-corrected chi connectivity index (χ4v) is 5.30. The SMILES string of the molecule is Cc1ccc(C2=C(c3ccccc3)C(c3cn(C)c4ccccc34)=C(c3ccccc3)C2)cc1. The standard InChI is InChI=1S/C33H27N/c1-23-17-19-25(20-18-23)28-21-29(24-11-5-3-6-12-24)33(32(28)26-13-7-4-8-14-26)30-22-34(2)31-16-10-9-15-27(30)31/h3-20,22H,21H2,1-2H3. The van der Waals surface area contributed by atoms with Gasteiger partial charge in [-0.15, -0.1) is 0 Å². The minimum atomic E-state index is 0.913. The smallest absolute Gasteiger partial charge is 0.0484 e. The van der Waals surface area contributed by atoms with Crippen LogP contribution in [0.2, 0.25) is 0 Å². The maximum Gasteiger partial charge on any atom is 0.0484 e. The van der Waals surface area contributed by atoms with Crippen molar-refractivity contribution in [2.45, 2.75) is 13.3 Å². The molecular weight excluding hydrogens is 410 g/mol. The van der Waals surface area contributed by atoms with Crippen LogP contribution in [0.25, 0.3) is 33.2 Å². The van der Waals surface area contributed by atoms with Gasteiger partial charge in [0.15, 0.2) is 0 Å². The predicted octanol–water partition coefficient (Wildman–Crippen LogP) is 8.41. The first-order chi connectivity index (χ1) is 16.7. The average Bonchev–Trinajstić information content (AvgIpc) is 3.44. The Morgan fingerprint density at radius 2 is 1.12 bits per heavy atom. The first-order valence-electron chi connectivity index (χ1n) is 11.9. The number of para-hydroxylation sites is 1. The monoisotopic (exact) mass is 437 g/mol. The number of allylic oxidation sites excluding steroid dienone is 4. The van der Waals surface area contributed by atoms with Gasteiger partial charge in [-0.2, -0.15) is 0 Å². The zero-order chi connectivity index (χ0) is 23.1. The van der Waals surface area contributed by atoms with Crippen molar-refractivity contribution in [2.24, 2.45) is 7.05 Å². The summed E-state index contributed by atoms with van der Waals surface area (Å²) in [6, 6.07) is 39.6. The first kappa shape index (κ1) is 20.5. The zero-order valence-corrected chi connectivity index (χ0v) is 19.6. The van der Waals surface area contributed by atoms with Gasteiger partial charge < -0.3 is 4.57 Å². The van der Waals surface area contributed by atoms with Crippen molar-refractivity contribution >= 4 is 33.2 Å². The van der Waals surface area contributed by atoms with E-state index in [4.69, 9.17) is 0 Å². The molecule has 0 atom stereocenters. The second-order valence-electron chi connectivity index (χ2n) is 9.15.